The molecule has 2 atom stereocenters. The molecule has 9 heteroatoms. The van der Waals surface area contributed by atoms with Gasteiger partial charge >= 0.3 is 11.9 Å². The minimum absolute atomic E-state index is 0.170. The van der Waals surface area contributed by atoms with E-state index in [1.165, 1.54) is 0 Å². The number of thiol groups is 1. The summed E-state index contributed by atoms with van der Waals surface area (Å²) in [4.78, 5) is 23.1. The second kappa shape index (κ2) is 6.15. The van der Waals surface area contributed by atoms with E-state index in [0.29, 0.717) is 0 Å². The third kappa shape index (κ3) is 3.93. The summed E-state index contributed by atoms with van der Waals surface area (Å²) in [6, 6.07) is 0. The summed E-state index contributed by atoms with van der Waals surface area (Å²) in [7, 11) is 0. The largest absolute Gasteiger partial charge is 0.464 e. The van der Waals surface area contributed by atoms with Crippen molar-refractivity contribution in [3.63, 3.8) is 0 Å². The Balaban J connectivity index is 2.81. The van der Waals surface area contributed by atoms with Crippen molar-refractivity contribution < 1.29 is 28.1 Å². The molecule has 0 aromatic rings. The van der Waals surface area contributed by atoms with Gasteiger partial charge in [-0.15, -0.1) is 0 Å². The number of hydrogen-bond donors (Lipinski definition) is 1. The number of ether oxygens (including phenoxy) is 2. The average molecular weight is 300 g/mol. The van der Waals surface area contributed by atoms with Crippen LogP contribution in [0.3, 0.4) is 0 Å². The molecule has 0 radical (unpaired) electrons. The Morgan fingerprint density at radius 3 is 1.82 bits per heavy atom. The van der Waals surface area contributed by atoms with E-state index in [0.717, 1.165) is 0 Å². The van der Waals surface area contributed by atoms with Crippen LogP contribution in [-0.4, -0.2) is 37.4 Å². The van der Waals surface area contributed by atoms with Crippen LogP contribution in [-0.2, 0) is 39.9 Å². The van der Waals surface area contributed by atoms with Crippen molar-refractivity contribution in [3.8, 4) is 0 Å². The first-order valence-corrected chi connectivity index (χ1v) is 8.73. The van der Waals surface area contributed by atoms with Gasteiger partial charge < -0.3 is 18.5 Å². The van der Waals surface area contributed by atoms with Crippen molar-refractivity contribution in [3.05, 3.63) is 0 Å². The van der Waals surface area contributed by atoms with Crippen LogP contribution >= 0.6 is 17.9 Å². The molecule has 0 aromatic carbocycles. The van der Waals surface area contributed by atoms with Gasteiger partial charge in [0.1, 0.15) is 0 Å². The SMILES string of the molecule is CCOC(=O)C1OP(=S)(S)OC1C(=O)OCC. The molecule has 1 saturated heterocycles. The van der Waals surface area contributed by atoms with Crippen molar-refractivity contribution in [2.45, 2.75) is 26.1 Å². The lowest BCUT2D eigenvalue weighted by molar-refractivity contribution is -0.163. The molecule has 1 aliphatic rings. The van der Waals surface area contributed by atoms with Crippen LogP contribution < -0.4 is 0 Å². The molecule has 2 unspecified atom stereocenters. The van der Waals surface area contributed by atoms with E-state index in [2.05, 4.69) is 12.2 Å². The fraction of sp³-hybridized carbons (Fsp3) is 0.750. The normalized spacial score (nSPS) is 32.2. The molecular weight excluding hydrogens is 287 g/mol. The Labute approximate surface area is 109 Å². The first-order chi connectivity index (χ1) is 7.91. The summed E-state index contributed by atoms with van der Waals surface area (Å²) in [5.74, 6) is -1.40. The van der Waals surface area contributed by atoms with E-state index in [1.54, 1.807) is 13.8 Å². The van der Waals surface area contributed by atoms with E-state index in [9.17, 15) is 9.59 Å². The van der Waals surface area contributed by atoms with Crippen molar-refractivity contribution in [2.75, 3.05) is 13.2 Å². The van der Waals surface area contributed by atoms with Gasteiger partial charge in [-0.3, -0.25) is 0 Å². The Morgan fingerprint density at radius 2 is 1.53 bits per heavy atom. The first-order valence-electron chi connectivity index (χ1n) is 4.94. The van der Waals surface area contributed by atoms with Crippen molar-refractivity contribution >= 4 is 41.7 Å². The first kappa shape index (κ1) is 14.9. The number of carbonyl (C=O) groups is 2. The molecule has 1 aliphatic heterocycles. The third-order valence-corrected chi connectivity index (χ3v) is 3.88. The summed E-state index contributed by atoms with van der Waals surface area (Å²) in [5, 5.41) is 0. The molecule has 1 heterocycles. The zero-order valence-corrected chi connectivity index (χ0v) is 11.9. The zero-order chi connectivity index (χ0) is 13.1. The fourth-order valence-electron chi connectivity index (χ4n) is 1.20. The Bertz CT molecular complexity index is 330. The lowest BCUT2D eigenvalue weighted by atomic mass is 10.2. The number of carbonyl (C=O) groups excluding carboxylic acids is 2. The minimum Gasteiger partial charge on any atom is -0.464 e. The summed E-state index contributed by atoms with van der Waals surface area (Å²) < 4.78 is 19.8. The Kier molecular flexibility index (Phi) is 5.40. The van der Waals surface area contributed by atoms with Crippen LogP contribution in [0.25, 0.3) is 0 Å². The quantitative estimate of drug-likeness (QED) is 0.473. The smallest absolute Gasteiger partial charge is 0.339 e. The molecule has 0 N–H and O–H groups in total. The minimum atomic E-state index is -2.88. The van der Waals surface area contributed by atoms with Crippen molar-refractivity contribution in [2.24, 2.45) is 0 Å². The van der Waals surface area contributed by atoms with Crippen LogP contribution in [0.5, 0.6) is 0 Å². The molecule has 0 saturated carbocycles. The van der Waals surface area contributed by atoms with Crippen LogP contribution in [0.15, 0.2) is 0 Å². The van der Waals surface area contributed by atoms with Gasteiger partial charge in [-0.1, -0.05) is 12.2 Å². The summed E-state index contributed by atoms with van der Waals surface area (Å²) in [6.45, 7) is 3.63. The average Bonchev–Trinajstić information content (AvgIpc) is 2.55. The fourth-order valence-corrected chi connectivity index (χ4v) is 3.39. The number of hydrogen-bond acceptors (Lipinski definition) is 7. The molecule has 17 heavy (non-hydrogen) atoms. The molecule has 1 fully saturated rings. The lowest BCUT2D eigenvalue weighted by Crippen LogP contribution is -2.39. The summed E-state index contributed by atoms with van der Waals surface area (Å²) >= 11 is 8.84. The summed E-state index contributed by atoms with van der Waals surface area (Å²) in [6.07, 6.45) is -2.39. The van der Waals surface area contributed by atoms with E-state index in [-0.39, 0.29) is 13.2 Å². The Hall–Kier alpha value is -0.140. The summed E-state index contributed by atoms with van der Waals surface area (Å²) in [5.41, 5.74) is -2.88. The molecule has 0 aromatic heterocycles. The highest BCUT2D eigenvalue weighted by Crippen LogP contribution is 2.60. The maximum atomic E-state index is 11.6. The van der Waals surface area contributed by atoms with Crippen LogP contribution in [0, 0.1) is 0 Å². The second-order valence-electron chi connectivity index (χ2n) is 3.02. The predicted octanol–water partition coefficient (Wildman–Crippen LogP) is 1.05. The van der Waals surface area contributed by atoms with E-state index < -0.39 is 29.8 Å². The molecule has 0 bridgehead atoms. The molecular formula is C8H13O6PS2. The van der Waals surface area contributed by atoms with Crippen LogP contribution in [0.2, 0.25) is 0 Å². The zero-order valence-electron chi connectivity index (χ0n) is 9.32. The molecule has 0 aliphatic carbocycles. The predicted molar refractivity (Wildman–Crippen MR) is 66.3 cm³/mol. The monoisotopic (exact) mass is 300 g/mol. The van der Waals surface area contributed by atoms with Gasteiger partial charge in [-0.25, -0.2) is 9.59 Å². The molecule has 1 rings (SSSR count). The van der Waals surface area contributed by atoms with Gasteiger partial charge in [-0.05, 0) is 25.7 Å². The number of rotatable bonds is 4. The Morgan fingerprint density at radius 1 is 1.18 bits per heavy atom. The van der Waals surface area contributed by atoms with Gasteiger partial charge in [0.15, 0.2) is 12.2 Å². The maximum absolute atomic E-state index is 11.6. The van der Waals surface area contributed by atoms with Crippen LogP contribution in [0.1, 0.15) is 13.8 Å². The lowest BCUT2D eigenvalue weighted by Gasteiger charge is -2.13. The molecule has 6 nitrogen and oxygen atoms in total. The number of esters is 2. The maximum Gasteiger partial charge on any atom is 0.339 e. The molecule has 0 amide bonds. The van der Waals surface area contributed by atoms with E-state index in [4.69, 9.17) is 30.3 Å². The van der Waals surface area contributed by atoms with Gasteiger partial charge in [0.25, 0.3) is 0 Å². The molecule has 0 spiro atoms. The highest BCUT2D eigenvalue weighted by Gasteiger charge is 2.49. The third-order valence-electron chi connectivity index (χ3n) is 1.81. The van der Waals surface area contributed by atoms with Gasteiger partial charge in [0.2, 0.25) is 5.69 Å². The van der Waals surface area contributed by atoms with Crippen molar-refractivity contribution in [1.29, 1.82) is 0 Å². The standard InChI is InChI=1S/C8H13O6PS2/c1-3-11-7(9)5-6(8(10)12-4-2)14-15(16,17)13-5/h5-6H,3-4H2,1-2H3,(H,16,17). The van der Waals surface area contributed by atoms with E-state index in [1.807, 2.05) is 0 Å². The van der Waals surface area contributed by atoms with Gasteiger partial charge in [-0.2, -0.15) is 0 Å². The van der Waals surface area contributed by atoms with Gasteiger partial charge in [0, 0.05) is 0 Å². The molecule has 98 valence electrons. The van der Waals surface area contributed by atoms with Gasteiger partial charge in [0.05, 0.1) is 13.2 Å². The van der Waals surface area contributed by atoms with Crippen LogP contribution in [0.4, 0.5) is 0 Å². The van der Waals surface area contributed by atoms with Crippen molar-refractivity contribution in [1.82, 2.24) is 0 Å². The highest BCUT2D eigenvalue weighted by molar-refractivity contribution is 8.60. The van der Waals surface area contributed by atoms with E-state index >= 15 is 0 Å². The highest BCUT2D eigenvalue weighted by atomic mass is 32.9. The second-order valence-corrected chi connectivity index (χ2v) is 8.22. The topological polar surface area (TPSA) is 71.1 Å².